The molecule has 1 aliphatic carbocycles. The highest BCUT2D eigenvalue weighted by Crippen LogP contribution is 2.58. The fraction of sp³-hybridized carbons (Fsp3) is 0.750. The van der Waals surface area contributed by atoms with E-state index in [1.54, 1.807) is 0 Å². The van der Waals surface area contributed by atoms with Crippen molar-refractivity contribution in [2.75, 3.05) is 24.9 Å². The minimum absolute atomic E-state index is 0.0806. The third-order valence-electron chi connectivity index (χ3n) is 5.64. The minimum Gasteiger partial charge on any atom is -0.387 e. The van der Waals surface area contributed by atoms with Gasteiger partial charge in [0.15, 0.2) is 29.1 Å². The molecule has 15 nitrogen and oxygen atoms in total. The lowest BCUT2D eigenvalue weighted by Crippen LogP contribution is -2.34. The number of hydrogen-bond acceptors (Lipinski definition) is 12. The van der Waals surface area contributed by atoms with Gasteiger partial charge in [-0.1, -0.05) is 18.1 Å². The third kappa shape index (κ3) is 5.59. The Bertz CT molecular complexity index is 1130. The van der Waals surface area contributed by atoms with Gasteiger partial charge in [0.2, 0.25) is 5.28 Å². The van der Waals surface area contributed by atoms with E-state index in [0.29, 0.717) is 11.3 Å². The Morgan fingerprint density at radius 3 is 2.56 bits per heavy atom. The van der Waals surface area contributed by atoms with E-state index in [9.17, 15) is 19.3 Å². The molecule has 34 heavy (non-hydrogen) atoms. The monoisotopic (exact) mass is 542 g/mol. The molecule has 0 aromatic carbocycles. The Labute approximate surface area is 198 Å². The molecular formula is C16H25ClN6O9P2. The number of nitrogens with one attached hydrogen (secondary N) is 1. The van der Waals surface area contributed by atoms with E-state index < -0.39 is 52.2 Å². The summed E-state index contributed by atoms with van der Waals surface area (Å²) < 4.78 is 40.2. The van der Waals surface area contributed by atoms with Gasteiger partial charge in [-0.05, 0) is 24.4 Å². The predicted molar refractivity (Wildman–Crippen MR) is 117 cm³/mol. The maximum Gasteiger partial charge on any atom is 0.342 e. The topological polar surface area (TPSA) is 211 Å². The first-order valence-corrected chi connectivity index (χ1v) is 14.3. The summed E-state index contributed by atoms with van der Waals surface area (Å²) in [6.07, 6.45) is -1.37. The summed E-state index contributed by atoms with van der Waals surface area (Å²) >= 11 is 6.09. The number of rotatable bonds is 9. The van der Waals surface area contributed by atoms with E-state index in [-0.39, 0.29) is 17.0 Å². The molecular weight excluding hydrogens is 518 g/mol. The lowest BCUT2D eigenvalue weighted by Gasteiger charge is -2.20. The van der Waals surface area contributed by atoms with Gasteiger partial charge in [0.25, 0.3) is 0 Å². The zero-order chi connectivity index (χ0) is 24.7. The molecule has 18 heteroatoms. The molecule has 5 N–H and O–H groups in total. The molecule has 2 aromatic rings. The average Bonchev–Trinajstić information content (AvgIpc) is 3.47. The number of aliphatic hydroxyl groups excluding tert-OH is 2. The van der Waals surface area contributed by atoms with Crippen molar-refractivity contribution in [3.63, 3.8) is 0 Å². The third-order valence-corrected chi connectivity index (χ3v) is 9.77. The van der Waals surface area contributed by atoms with E-state index in [1.165, 1.54) is 0 Å². The van der Waals surface area contributed by atoms with Crippen LogP contribution < -0.4 is 5.32 Å². The van der Waals surface area contributed by atoms with E-state index in [4.69, 9.17) is 30.6 Å². The second-order valence-corrected chi connectivity index (χ2v) is 12.8. The van der Waals surface area contributed by atoms with E-state index in [0.717, 1.165) is 37.5 Å². The van der Waals surface area contributed by atoms with Gasteiger partial charge in [0, 0.05) is 13.2 Å². The lowest BCUT2D eigenvalue weighted by atomic mass is 10.1. The molecule has 1 unspecified atom stereocenters. The molecule has 0 bridgehead atoms. The SMILES string of the molecule is COP(=O)(CP(=O)(O)O)OC[C@H]1O[C@@H](n2nnc3c(NC4CCCC4)nc(Cl)nc32)[C@H](O)[C@@H]1O. The summed E-state index contributed by atoms with van der Waals surface area (Å²) in [5, 5.41) is 32.3. The number of halogens is 1. The maximum absolute atomic E-state index is 12.4. The Balaban J connectivity index is 1.53. The fourth-order valence-corrected chi connectivity index (χ4v) is 7.21. The first kappa shape index (κ1) is 25.8. The van der Waals surface area contributed by atoms with E-state index in [1.807, 2.05) is 0 Å². The number of nitrogens with zero attached hydrogens (tertiary/aromatic N) is 5. The second-order valence-electron chi connectivity index (χ2n) is 8.11. The van der Waals surface area contributed by atoms with Gasteiger partial charge < -0.3 is 39.1 Å². The maximum atomic E-state index is 12.4. The van der Waals surface area contributed by atoms with Gasteiger partial charge in [0.05, 0.1) is 6.61 Å². The van der Waals surface area contributed by atoms with Crippen molar-refractivity contribution in [1.82, 2.24) is 25.0 Å². The zero-order valence-corrected chi connectivity index (χ0v) is 20.5. The molecule has 190 valence electrons. The van der Waals surface area contributed by atoms with Crippen LogP contribution in [0, 0.1) is 0 Å². The molecule has 2 fully saturated rings. The minimum atomic E-state index is -4.71. The second kappa shape index (κ2) is 10.0. The summed E-state index contributed by atoms with van der Waals surface area (Å²) in [5.41, 5.74) is 0.453. The first-order chi connectivity index (χ1) is 16.0. The van der Waals surface area contributed by atoms with Crippen molar-refractivity contribution >= 4 is 43.8 Å². The summed E-state index contributed by atoms with van der Waals surface area (Å²) in [7, 11) is -7.92. The molecule has 0 radical (unpaired) electrons. The van der Waals surface area contributed by atoms with Crippen molar-refractivity contribution in [3.8, 4) is 0 Å². The molecule has 3 heterocycles. The number of aromatic nitrogens is 5. The van der Waals surface area contributed by atoms with Crippen LogP contribution in [-0.4, -0.2) is 88.9 Å². The summed E-state index contributed by atoms with van der Waals surface area (Å²) in [6, 6.07) is 0.209. The van der Waals surface area contributed by atoms with Crippen LogP contribution in [0.15, 0.2) is 0 Å². The van der Waals surface area contributed by atoms with Crippen molar-refractivity contribution in [1.29, 1.82) is 0 Å². The van der Waals surface area contributed by atoms with Crippen molar-refractivity contribution < 1.29 is 42.9 Å². The Hall–Kier alpha value is -1.25. The fourth-order valence-electron chi connectivity index (χ4n) is 3.97. The van der Waals surface area contributed by atoms with Crippen LogP contribution in [0.25, 0.3) is 11.2 Å². The average molecular weight is 543 g/mol. The van der Waals surface area contributed by atoms with Crippen molar-refractivity contribution in [2.45, 2.75) is 56.3 Å². The molecule has 2 aromatic heterocycles. The molecule has 1 saturated heterocycles. The standard InChI is InChI=1S/C16H25ClN6O9P2/c1-30-34(29,7-33(26,27)28)31-6-9-11(24)12(25)15(32-9)23-14-10(21-22-23)13(19-16(17)20-14)18-8-4-2-3-5-8/h8-9,11-12,15,24-25H,2-7H2,1H3,(H,18,19,20)(H2,26,27,28)/t9-,11-,12-,15-,34?/m1/s1. The number of anilines is 1. The highest BCUT2D eigenvalue weighted by atomic mass is 35.5. The summed E-state index contributed by atoms with van der Waals surface area (Å²) in [4.78, 5) is 26.5. The number of ether oxygens (including phenoxy) is 1. The first-order valence-electron chi connectivity index (χ1n) is 10.4. The van der Waals surface area contributed by atoms with Crippen LogP contribution in [0.3, 0.4) is 0 Å². The normalized spacial score (nSPS) is 27.9. The molecule has 1 aliphatic heterocycles. The molecule has 0 amide bonds. The van der Waals surface area contributed by atoms with Crippen LogP contribution in [0.4, 0.5) is 5.82 Å². The Morgan fingerprint density at radius 2 is 1.91 bits per heavy atom. The largest absolute Gasteiger partial charge is 0.387 e. The lowest BCUT2D eigenvalue weighted by molar-refractivity contribution is -0.0552. The number of hydrogen-bond donors (Lipinski definition) is 5. The van der Waals surface area contributed by atoms with Crippen LogP contribution >= 0.6 is 26.8 Å². The highest BCUT2D eigenvalue weighted by molar-refractivity contribution is 7.70. The van der Waals surface area contributed by atoms with Crippen molar-refractivity contribution in [3.05, 3.63) is 5.28 Å². The Kier molecular flexibility index (Phi) is 7.61. The summed E-state index contributed by atoms with van der Waals surface area (Å²) in [5.74, 6) is -0.759. The molecule has 4 rings (SSSR count). The van der Waals surface area contributed by atoms with Gasteiger partial charge in [-0.3, -0.25) is 9.13 Å². The van der Waals surface area contributed by atoms with Gasteiger partial charge in [-0.2, -0.15) is 14.6 Å². The van der Waals surface area contributed by atoms with E-state index >= 15 is 0 Å². The van der Waals surface area contributed by atoms with Gasteiger partial charge in [0.1, 0.15) is 18.3 Å². The van der Waals surface area contributed by atoms with Crippen molar-refractivity contribution in [2.24, 2.45) is 0 Å². The Morgan fingerprint density at radius 1 is 1.21 bits per heavy atom. The number of aliphatic hydroxyl groups is 2. The molecule has 2 aliphatic rings. The predicted octanol–water partition coefficient (Wildman–Crippen LogP) is 0.840. The highest BCUT2D eigenvalue weighted by Gasteiger charge is 2.46. The molecule has 1 saturated carbocycles. The molecule has 0 spiro atoms. The number of fused-ring (bicyclic) bond motifs is 1. The van der Waals surface area contributed by atoms with Crippen LogP contribution in [0.5, 0.6) is 0 Å². The smallest absolute Gasteiger partial charge is 0.342 e. The van der Waals surface area contributed by atoms with E-state index in [2.05, 4.69) is 30.1 Å². The van der Waals surface area contributed by atoms with Gasteiger partial charge >= 0.3 is 15.2 Å². The van der Waals surface area contributed by atoms with Gasteiger partial charge in [-0.25, -0.2) is 0 Å². The van der Waals surface area contributed by atoms with Crippen LogP contribution in [-0.2, 0) is 22.9 Å². The molecule has 5 atom stereocenters. The summed E-state index contributed by atoms with van der Waals surface area (Å²) in [6.45, 7) is -0.587. The van der Waals surface area contributed by atoms with Gasteiger partial charge in [-0.15, -0.1) is 5.10 Å². The van der Waals surface area contributed by atoms with Crippen LogP contribution in [0.1, 0.15) is 31.9 Å². The van der Waals surface area contributed by atoms with Crippen LogP contribution in [0.2, 0.25) is 5.28 Å². The zero-order valence-electron chi connectivity index (χ0n) is 18.0. The quantitative estimate of drug-likeness (QED) is 0.219.